The molecule has 3 heterocycles. The van der Waals surface area contributed by atoms with Crippen molar-refractivity contribution in [2.24, 2.45) is 0 Å². The molecule has 0 atom stereocenters. The van der Waals surface area contributed by atoms with Crippen molar-refractivity contribution in [3.63, 3.8) is 0 Å². The van der Waals surface area contributed by atoms with Gasteiger partial charge in [-0.25, -0.2) is 4.98 Å². The Hall–Kier alpha value is -2.17. The lowest BCUT2D eigenvalue weighted by molar-refractivity contribution is 0.800. The van der Waals surface area contributed by atoms with Crippen LogP contribution in [-0.4, -0.2) is 21.5 Å². The van der Waals surface area contributed by atoms with Crippen LogP contribution in [0.25, 0.3) is 11.4 Å². The van der Waals surface area contributed by atoms with Crippen LogP contribution in [0.5, 0.6) is 0 Å². The summed E-state index contributed by atoms with van der Waals surface area (Å²) in [4.78, 5) is 23.2. The Balaban J connectivity index is 2.14. The van der Waals surface area contributed by atoms with Crippen LogP contribution in [0.4, 0.5) is 5.82 Å². The molecule has 17 heavy (non-hydrogen) atoms. The zero-order chi connectivity index (χ0) is 11.7. The average molecular weight is 228 g/mol. The monoisotopic (exact) mass is 228 g/mol. The van der Waals surface area contributed by atoms with Gasteiger partial charge in [-0.2, -0.15) is 0 Å². The molecule has 0 aliphatic carbocycles. The molecule has 0 spiro atoms. The van der Waals surface area contributed by atoms with Crippen LogP contribution < -0.4 is 10.9 Å². The van der Waals surface area contributed by atoms with Gasteiger partial charge in [0.2, 0.25) is 0 Å². The highest BCUT2D eigenvalue weighted by atomic mass is 16.1. The molecule has 1 aliphatic rings. The van der Waals surface area contributed by atoms with Crippen LogP contribution in [0, 0.1) is 0 Å². The molecule has 0 unspecified atom stereocenters. The van der Waals surface area contributed by atoms with Gasteiger partial charge in [-0.3, -0.25) is 9.78 Å². The van der Waals surface area contributed by atoms with E-state index in [1.54, 1.807) is 12.4 Å². The predicted molar refractivity (Wildman–Crippen MR) is 64.9 cm³/mol. The maximum absolute atomic E-state index is 11.9. The molecule has 3 rings (SSSR count). The molecule has 0 radical (unpaired) electrons. The van der Waals surface area contributed by atoms with Gasteiger partial charge in [-0.15, -0.1) is 0 Å². The number of anilines is 1. The third kappa shape index (κ3) is 1.80. The third-order valence-electron chi connectivity index (χ3n) is 2.85. The van der Waals surface area contributed by atoms with E-state index in [1.807, 2.05) is 12.1 Å². The van der Waals surface area contributed by atoms with E-state index in [4.69, 9.17) is 0 Å². The van der Waals surface area contributed by atoms with E-state index < -0.39 is 0 Å². The van der Waals surface area contributed by atoms with Gasteiger partial charge in [0.15, 0.2) is 0 Å². The van der Waals surface area contributed by atoms with E-state index in [-0.39, 0.29) is 5.56 Å². The standard InChI is InChI=1S/C12H12N4O/c17-12-9-4-2-6-14-11(9)15-10(16-12)8-3-1-5-13-7-8/h1,3,5,7H,2,4,6H2,(H2,14,15,16,17). The minimum Gasteiger partial charge on any atom is -0.370 e. The van der Waals surface area contributed by atoms with Crippen molar-refractivity contribution in [3.8, 4) is 11.4 Å². The fourth-order valence-corrected chi connectivity index (χ4v) is 1.99. The van der Waals surface area contributed by atoms with E-state index in [0.717, 1.165) is 30.5 Å². The lowest BCUT2D eigenvalue weighted by Crippen LogP contribution is -2.24. The van der Waals surface area contributed by atoms with Gasteiger partial charge in [0, 0.05) is 24.5 Å². The maximum atomic E-state index is 11.9. The molecule has 0 aromatic carbocycles. The van der Waals surface area contributed by atoms with Gasteiger partial charge in [-0.1, -0.05) is 0 Å². The molecule has 2 aromatic heterocycles. The Morgan fingerprint density at radius 2 is 2.29 bits per heavy atom. The summed E-state index contributed by atoms with van der Waals surface area (Å²) < 4.78 is 0. The van der Waals surface area contributed by atoms with Gasteiger partial charge in [0.1, 0.15) is 11.6 Å². The molecule has 2 aromatic rings. The van der Waals surface area contributed by atoms with Crippen molar-refractivity contribution in [2.75, 3.05) is 11.9 Å². The first-order valence-electron chi connectivity index (χ1n) is 5.62. The third-order valence-corrected chi connectivity index (χ3v) is 2.85. The van der Waals surface area contributed by atoms with Crippen LogP contribution in [0.1, 0.15) is 12.0 Å². The predicted octanol–water partition coefficient (Wildman–Crippen LogP) is 1.19. The van der Waals surface area contributed by atoms with Crippen LogP contribution in [-0.2, 0) is 6.42 Å². The first-order chi connectivity index (χ1) is 8.34. The number of aromatic nitrogens is 3. The molecular formula is C12H12N4O. The van der Waals surface area contributed by atoms with Gasteiger partial charge in [0.25, 0.3) is 5.56 Å². The van der Waals surface area contributed by atoms with Gasteiger partial charge < -0.3 is 10.3 Å². The molecule has 0 fully saturated rings. The second-order valence-electron chi connectivity index (χ2n) is 4.01. The lowest BCUT2D eigenvalue weighted by Gasteiger charge is -2.16. The van der Waals surface area contributed by atoms with Crippen LogP contribution >= 0.6 is 0 Å². The topological polar surface area (TPSA) is 70.7 Å². The van der Waals surface area contributed by atoms with Crippen molar-refractivity contribution in [1.82, 2.24) is 15.0 Å². The van der Waals surface area contributed by atoms with Crippen molar-refractivity contribution in [2.45, 2.75) is 12.8 Å². The average Bonchev–Trinajstić information content (AvgIpc) is 2.40. The Labute approximate surface area is 97.9 Å². The largest absolute Gasteiger partial charge is 0.370 e. The van der Waals surface area contributed by atoms with Gasteiger partial charge >= 0.3 is 0 Å². The summed E-state index contributed by atoms with van der Waals surface area (Å²) in [7, 11) is 0. The minimum atomic E-state index is -0.0546. The number of rotatable bonds is 1. The number of fused-ring (bicyclic) bond motifs is 1. The number of hydrogen-bond donors (Lipinski definition) is 2. The van der Waals surface area contributed by atoms with Crippen molar-refractivity contribution < 1.29 is 0 Å². The highest BCUT2D eigenvalue weighted by Crippen LogP contribution is 2.19. The molecule has 0 saturated heterocycles. The second-order valence-corrected chi connectivity index (χ2v) is 4.01. The van der Waals surface area contributed by atoms with Crippen LogP contribution in [0.2, 0.25) is 0 Å². The zero-order valence-corrected chi connectivity index (χ0v) is 9.23. The van der Waals surface area contributed by atoms with Gasteiger partial charge in [-0.05, 0) is 25.0 Å². The first-order valence-corrected chi connectivity index (χ1v) is 5.62. The zero-order valence-electron chi connectivity index (χ0n) is 9.23. The number of hydrogen-bond acceptors (Lipinski definition) is 4. The summed E-state index contributed by atoms with van der Waals surface area (Å²) in [5.41, 5.74) is 1.52. The van der Waals surface area contributed by atoms with Crippen molar-refractivity contribution >= 4 is 5.82 Å². The maximum Gasteiger partial charge on any atom is 0.256 e. The Morgan fingerprint density at radius 1 is 1.35 bits per heavy atom. The number of nitrogens with zero attached hydrogens (tertiary/aromatic N) is 2. The summed E-state index contributed by atoms with van der Waals surface area (Å²) in [5, 5.41) is 3.16. The summed E-state index contributed by atoms with van der Waals surface area (Å²) in [6, 6.07) is 3.70. The lowest BCUT2D eigenvalue weighted by atomic mass is 10.1. The number of pyridine rings is 1. The molecule has 86 valence electrons. The highest BCUT2D eigenvalue weighted by molar-refractivity contribution is 5.57. The molecule has 0 saturated carbocycles. The molecule has 1 aliphatic heterocycles. The Morgan fingerprint density at radius 3 is 3.12 bits per heavy atom. The van der Waals surface area contributed by atoms with E-state index >= 15 is 0 Å². The van der Waals surface area contributed by atoms with E-state index in [9.17, 15) is 4.79 Å². The molecule has 0 amide bonds. The first kappa shape index (κ1) is 10.0. The van der Waals surface area contributed by atoms with Gasteiger partial charge in [0.05, 0.1) is 5.56 Å². The summed E-state index contributed by atoms with van der Waals surface area (Å²) in [6.45, 7) is 0.871. The van der Waals surface area contributed by atoms with Crippen LogP contribution in [0.3, 0.4) is 0 Å². The van der Waals surface area contributed by atoms with E-state index in [2.05, 4.69) is 20.3 Å². The number of aromatic amines is 1. The van der Waals surface area contributed by atoms with Crippen molar-refractivity contribution in [1.29, 1.82) is 0 Å². The summed E-state index contributed by atoms with van der Waals surface area (Å²) in [5.74, 6) is 1.27. The summed E-state index contributed by atoms with van der Waals surface area (Å²) >= 11 is 0. The SMILES string of the molecule is O=c1[nH]c(-c2cccnc2)nc2c1CCCN2. The van der Waals surface area contributed by atoms with Crippen LogP contribution in [0.15, 0.2) is 29.3 Å². The number of nitrogens with one attached hydrogen (secondary N) is 2. The Kier molecular flexibility index (Phi) is 2.36. The molecule has 2 N–H and O–H groups in total. The minimum absolute atomic E-state index is 0.0546. The van der Waals surface area contributed by atoms with E-state index in [1.165, 1.54) is 0 Å². The number of H-pyrrole nitrogens is 1. The second kappa shape index (κ2) is 4.01. The smallest absolute Gasteiger partial charge is 0.256 e. The highest BCUT2D eigenvalue weighted by Gasteiger charge is 2.15. The normalized spacial score (nSPS) is 13.9. The fraction of sp³-hybridized carbons (Fsp3) is 0.250. The Bertz CT molecular complexity index is 591. The summed E-state index contributed by atoms with van der Waals surface area (Å²) in [6.07, 6.45) is 5.15. The quantitative estimate of drug-likeness (QED) is 0.769. The molecule has 5 nitrogen and oxygen atoms in total. The fourth-order valence-electron chi connectivity index (χ4n) is 1.99. The molecule has 0 bridgehead atoms. The molecule has 5 heteroatoms. The molecular weight excluding hydrogens is 216 g/mol. The van der Waals surface area contributed by atoms with Crippen molar-refractivity contribution in [3.05, 3.63) is 40.4 Å². The van der Waals surface area contributed by atoms with E-state index in [0.29, 0.717) is 11.6 Å².